The summed E-state index contributed by atoms with van der Waals surface area (Å²) in [7, 11) is 3.94. The Hall–Kier alpha value is -3.80. The normalized spacial score (nSPS) is 16.1. The molecule has 1 fully saturated rings. The minimum atomic E-state index is -0.767. The zero-order chi connectivity index (χ0) is 24.4. The van der Waals surface area contributed by atoms with E-state index < -0.39 is 6.04 Å². The van der Waals surface area contributed by atoms with Gasteiger partial charge in [0.25, 0.3) is 5.91 Å². The van der Waals surface area contributed by atoms with Crippen LogP contribution in [0.2, 0.25) is 0 Å². The van der Waals surface area contributed by atoms with Crippen molar-refractivity contribution in [3.63, 3.8) is 0 Å². The molecule has 0 saturated carbocycles. The maximum Gasteiger partial charge on any atom is 0.255 e. The van der Waals surface area contributed by atoms with E-state index in [-0.39, 0.29) is 18.4 Å². The van der Waals surface area contributed by atoms with Gasteiger partial charge in [0.05, 0.1) is 6.61 Å². The van der Waals surface area contributed by atoms with Gasteiger partial charge < -0.3 is 14.5 Å². The van der Waals surface area contributed by atoms with Crippen molar-refractivity contribution in [2.75, 3.05) is 41.9 Å². The van der Waals surface area contributed by atoms with E-state index in [1.165, 1.54) is 0 Å². The summed E-state index contributed by atoms with van der Waals surface area (Å²) in [5.74, 6) is 0.462. The van der Waals surface area contributed by atoms with Gasteiger partial charge >= 0.3 is 0 Å². The topological polar surface area (TPSA) is 53.1 Å². The first-order valence-electron chi connectivity index (χ1n) is 11.5. The van der Waals surface area contributed by atoms with Crippen LogP contribution in [0.15, 0.2) is 66.7 Å². The molecule has 0 radical (unpaired) electrons. The van der Waals surface area contributed by atoms with E-state index >= 15 is 0 Å². The third-order valence-corrected chi connectivity index (χ3v) is 6.27. The fourth-order valence-electron chi connectivity index (χ4n) is 4.21. The number of aryl methyl sites for hydroxylation is 2. The first kappa shape index (κ1) is 23.4. The number of hydrogen-bond donors (Lipinski definition) is 0. The molecule has 6 nitrogen and oxygen atoms in total. The standard InChI is InChI=1S/C28H31N3O3/c1-6-34-25-15-13-23(14-16-25)31-26(32)18-30(24-10-7-19(2)20(3)17-24)28(33)27(31)21-8-11-22(12-9-21)29(4)5/h7-17,27H,6,18H2,1-5H3/t27-/m1/s1. The minimum Gasteiger partial charge on any atom is -0.494 e. The lowest BCUT2D eigenvalue weighted by molar-refractivity contribution is -0.128. The van der Waals surface area contributed by atoms with Gasteiger partial charge in [0, 0.05) is 31.2 Å². The molecule has 3 aromatic carbocycles. The minimum absolute atomic E-state index is 0.0131. The molecule has 1 aliphatic heterocycles. The highest BCUT2D eigenvalue weighted by molar-refractivity contribution is 6.14. The van der Waals surface area contributed by atoms with Gasteiger partial charge in [0.1, 0.15) is 18.3 Å². The number of anilines is 3. The fourth-order valence-corrected chi connectivity index (χ4v) is 4.21. The summed E-state index contributed by atoms with van der Waals surface area (Å²) in [6, 6.07) is 20.2. The van der Waals surface area contributed by atoms with Crippen molar-refractivity contribution in [1.82, 2.24) is 0 Å². The highest BCUT2D eigenvalue weighted by Gasteiger charge is 2.42. The molecule has 0 bridgehead atoms. The number of carbonyl (C=O) groups is 2. The van der Waals surface area contributed by atoms with E-state index in [1.54, 1.807) is 9.80 Å². The molecule has 0 unspecified atom stereocenters. The average molecular weight is 458 g/mol. The second kappa shape index (κ2) is 9.59. The van der Waals surface area contributed by atoms with Crippen LogP contribution < -0.4 is 19.4 Å². The van der Waals surface area contributed by atoms with Crippen LogP contribution in [0.5, 0.6) is 5.75 Å². The largest absolute Gasteiger partial charge is 0.494 e. The van der Waals surface area contributed by atoms with Crippen LogP contribution in [0.1, 0.15) is 29.7 Å². The molecule has 2 amide bonds. The molecule has 6 heteroatoms. The van der Waals surface area contributed by atoms with Crippen molar-refractivity contribution >= 4 is 28.9 Å². The van der Waals surface area contributed by atoms with Crippen molar-refractivity contribution in [3.8, 4) is 5.75 Å². The monoisotopic (exact) mass is 457 g/mol. The Bertz CT molecular complexity index is 1190. The van der Waals surface area contributed by atoms with Crippen LogP contribution in [0.4, 0.5) is 17.1 Å². The Morgan fingerprint density at radius 3 is 2.12 bits per heavy atom. The van der Waals surface area contributed by atoms with Gasteiger partial charge in [-0.15, -0.1) is 0 Å². The predicted molar refractivity (Wildman–Crippen MR) is 137 cm³/mol. The number of amides is 2. The molecular formula is C28H31N3O3. The molecule has 1 saturated heterocycles. The fraction of sp³-hybridized carbons (Fsp3) is 0.286. The third kappa shape index (κ3) is 4.49. The molecule has 4 rings (SSSR count). The Balaban J connectivity index is 1.78. The summed E-state index contributed by atoms with van der Waals surface area (Å²) in [4.78, 5) is 32.7. The maximum absolute atomic E-state index is 13.9. The molecule has 34 heavy (non-hydrogen) atoms. The zero-order valence-electron chi connectivity index (χ0n) is 20.4. The number of hydrogen-bond acceptors (Lipinski definition) is 4. The highest BCUT2D eigenvalue weighted by Crippen LogP contribution is 2.36. The summed E-state index contributed by atoms with van der Waals surface area (Å²) < 4.78 is 5.56. The van der Waals surface area contributed by atoms with Crippen molar-refractivity contribution in [3.05, 3.63) is 83.4 Å². The lowest BCUT2D eigenvalue weighted by Gasteiger charge is -2.40. The molecule has 1 heterocycles. The molecule has 3 aromatic rings. The van der Waals surface area contributed by atoms with E-state index in [0.29, 0.717) is 12.3 Å². The van der Waals surface area contributed by atoms with Crippen LogP contribution in [0.3, 0.4) is 0 Å². The van der Waals surface area contributed by atoms with Gasteiger partial charge in [-0.3, -0.25) is 14.5 Å². The van der Waals surface area contributed by atoms with Crippen molar-refractivity contribution in [2.45, 2.75) is 26.8 Å². The van der Waals surface area contributed by atoms with Gasteiger partial charge in [-0.1, -0.05) is 18.2 Å². The van der Waals surface area contributed by atoms with Gasteiger partial charge in [-0.2, -0.15) is 0 Å². The van der Waals surface area contributed by atoms with E-state index in [1.807, 2.05) is 106 Å². The van der Waals surface area contributed by atoms with Gasteiger partial charge in [0.2, 0.25) is 5.91 Å². The average Bonchev–Trinajstić information content (AvgIpc) is 2.83. The second-order valence-corrected chi connectivity index (χ2v) is 8.77. The third-order valence-electron chi connectivity index (χ3n) is 6.27. The number of carbonyl (C=O) groups excluding carboxylic acids is 2. The van der Waals surface area contributed by atoms with Gasteiger partial charge in [-0.25, -0.2) is 0 Å². The lowest BCUT2D eigenvalue weighted by atomic mass is 9.98. The molecule has 1 atom stereocenters. The van der Waals surface area contributed by atoms with Crippen LogP contribution in [-0.4, -0.2) is 39.1 Å². The molecule has 0 N–H and O–H groups in total. The summed E-state index contributed by atoms with van der Waals surface area (Å²) in [5, 5.41) is 0. The first-order chi connectivity index (χ1) is 16.3. The number of nitrogens with zero attached hydrogens (tertiary/aromatic N) is 3. The van der Waals surface area contributed by atoms with Gasteiger partial charge in [0.15, 0.2) is 0 Å². The summed E-state index contributed by atoms with van der Waals surface area (Å²) in [6.45, 7) is 6.52. The van der Waals surface area contributed by atoms with Crippen molar-refractivity contribution in [2.24, 2.45) is 0 Å². The van der Waals surface area contributed by atoms with Crippen LogP contribution in [0, 0.1) is 13.8 Å². The Morgan fingerprint density at radius 1 is 0.882 bits per heavy atom. The lowest BCUT2D eigenvalue weighted by Crippen LogP contribution is -2.56. The Kier molecular flexibility index (Phi) is 6.59. The number of benzene rings is 3. The van der Waals surface area contributed by atoms with E-state index in [0.717, 1.165) is 33.8 Å². The zero-order valence-corrected chi connectivity index (χ0v) is 20.4. The number of piperazine rings is 1. The van der Waals surface area contributed by atoms with E-state index in [9.17, 15) is 9.59 Å². The van der Waals surface area contributed by atoms with Crippen LogP contribution >= 0.6 is 0 Å². The van der Waals surface area contributed by atoms with Crippen molar-refractivity contribution < 1.29 is 14.3 Å². The van der Waals surface area contributed by atoms with Crippen LogP contribution in [0.25, 0.3) is 0 Å². The Labute approximate surface area is 201 Å². The predicted octanol–water partition coefficient (Wildman–Crippen LogP) is 4.89. The molecule has 1 aliphatic rings. The van der Waals surface area contributed by atoms with Crippen molar-refractivity contribution in [1.29, 1.82) is 0 Å². The quantitative estimate of drug-likeness (QED) is 0.529. The molecular weight excluding hydrogens is 426 g/mol. The smallest absolute Gasteiger partial charge is 0.255 e. The summed E-state index contributed by atoms with van der Waals surface area (Å²) >= 11 is 0. The molecule has 176 valence electrons. The highest BCUT2D eigenvalue weighted by atomic mass is 16.5. The summed E-state index contributed by atoms with van der Waals surface area (Å²) in [6.07, 6.45) is 0. The molecule has 0 aromatic heterocycles. The van der Waals surface area contributed by atoms with E-state index in [2.05, 4.69) is 0 Å². The maximum atomic E-state index is 13.9. The molecule has 0 spiro atoms. The molecule has 0 aliphatic carbocycles. The Morgan fingerprint density at radius 2 is 1.53 bits per heavy atom. The first-order valence-corrected chi connectivity index (χ1v) is 11.5. The van der Waals surface area contributed by atoms with Crippen LogP contribution in [-0.2, 0) is 9.59 Å². The number of ether oxygens (including phenoxy) is 1. The summed E-state index contributed by atoms with van der Waals surface area (Å²) in [5.41, 5.74) is 5.43. The number of rotatable bonds is 6. The van der Waals surface area contributed by atoms with E-state index in [4.69, 9.17) is 4.74 Å². The SMILES string of the molecule is CCOc1ccc(N2C(=O)CN(c3ccc(C)c(C)c3)C(=O)[C@H]2c2ccc(N(C)C)cc2)cc1. The van der Waals surface area contributed by atoms with Gasteiger partial charge in [-0.05, 0) is 86.0 Å². The second-order valence-electron chi connectivity index (χ2n) is 8.77.